The van der Waals surface area contributed by atoms with Crippen LogP contribution in [0.3, 0.4) is 0 Å². The molecule has 6 N–H and O–H groups in total. The van der Waals surface area contributed by atoms with E-state index < -0.39 is 0 Å². The van der Waals surface area contributed by atoms with Gasteiger partial charge in [0.15, 0.2) is 5.96 Å². The number of rotatable bonds is 5. The van der Waals surface area contributed by atoms with E-state index >= 15 is 0 Å². The highest BCUT2D eigenvalue weighted by Crippen LogP contribution is 1.97. The van der Waals surface area contributed by atoms with E-state index in [-0.39, 0.29) is 11.4 Å². The maximum absolute atomic E-state index is 5.13. The normalized spacial score (nSPS) is 8.45. The number of hydrogen-bond donors (Lipinski definition) is 2. The fraction of sp³-hybridized carbons (Fsp3) is 0.857. The van der Waals surface area contributed by atoms with Gasteiger partial charge in [0.2, 0.25) is 0 Å². The Labute approximate surface area is 68.0 Å². The molecule has 0 aliphatic heterocycles. The van der Waals surface area contributed by atoms with Crippen LogP contribution in [0.4, 0.5) is 0 Å². The minimum Gasteiger partial charge on any atom is -0.412 e. The summed E-state index contributed by atoms with van der Waals surface area (Å²) in [7, 11) is 0. The molecule has 4 heteroatoms. The molecule has 0 aromatic rings. The third kappa shape index (κ3) is 12.4. The van der Waals surface area contributed by atoms with Crippen molar-refractivity contribution in [3.8, 4) is 0 Å². The molecule has 0 aliphatic carbocycles. The monoisotopic (exact) mass is 161 g/mol. The standard InChI is InChI=1S/C7H17N3.H2O/c1-2-3-4-5-6-10-7(8)9;/h2-6H2,1H3,(H4,8,9,10);1H2. The molecule has 0 atom stereocenters. The first kappa shape index (κ1) is 12.9. The lowest BCUT2D eigenvalue weighted by atomic mass is 10.2. The minimum absolute atomic E-state index is 0. The van der Waals surface area contributed by atoms with Crippen LogP contribution in [0.25, 0.3) is 0 Å². The lowest BCUT2D eigenvalue weighted by Crippen LogP contribution is -2.22. The predicted molar refractivity (Wildman–Crippen MR) is 48.4 cm³/mol. The van der Waals surface area contributed by atoms with Crippen molar-refractivity contribution < 1.29 is 5.48 Å². The lowest BCUT2D eigenvalue weighted by Gasteiger charge is -1.94. The Morgan fingerprint density at radius 2 is 1.82 bits per heavy atom. The molecule has 0 saturated carbocycles. The van der Waals surface area contributed by atoms with Crippen LogP contribution in [0.5, 0.6) is 0 Å². The van der Waals surface area contributed by atoms with E-state index in [1.807, 2.05) is 0 Å². The molecule has 0 radical (unpaired) electrons. The number of hydrogen-bond acceptors (Lipinski definition) is 1. The number of unbranched alkanes of at least 4 members (excludes halogenated alkanes) is 3. The van der Waals surface area contributed by atoms with Gasteiger partial charge in [-0.25, -0.2) is 0 Å². The molecule has 11 heavy (non-hydrogen) atoms. The summed E-state index contributed by atoms with van der Waals surface area (Å²) < 4.78 is 0. The van der Waals surface area contributed by atoms with Gasteiger partial charge in [-0.3, -0.25) is 4.99 Å². The van der Waals surface area contributed by atoms with E-state index in [1.165, 1.54) is 19.3 Å². The van der Waals surface area contributed by atoms with E-state index in [2.05, 4.69) is 11.9 Å². The molecule has 0 rings (SSSR count). The molecule has 0 saturated heterocycles. The van der Waals surface area contributed by atoms with Gasteiger partial charge in [-0.2, -0.15) is 0 Å². The third-order valence-electron chi connectivity index (χ3n) is 1.31. The van der Waals surface area contributed by atoms with Crippen LogP contribution in [0.15, 0.2) is 4.99 Å². The van der Waals surface area contributed by atoms with Crippen molar-refractivity contribution in [2.75, 3.05) is 6.54 Å². The third-order valence-corrected chi connectivity index (χ3v) is 1.31. The van der Waals surface area contributed by atoms with Gasteiger partial charge in [-0.1, -0.05) is 26.2 Å². The van der Waals surface area contributed by atoms with Crippen molar-refractivity contribution >= 4 is 5.96 Å². The van der Waals surface area contributed by atoms with Gasteiger partial charge < -0.3 is 16.9 Å². The molecule has 68 valence electrons. The van der Waals surface area contributed by atoms with Crippen molar-refractivity contribution in [2.24, 2.45) is 16.5 Å². The molecule has 0 bridgehead atoms. The summed E-state index contributed by atoms with van der Waals surface area (Å²) in [5.74, 6) is 0.205. The van der Waals surface area contributed by atoms with Gasteiger partial charge in [0, 0.05) is 6.54 Å². The Kier molecular flexibility index (Phi) is 10.8. The van der Waals surface area contributed by atoms with E-state index in [0.717, 1.165) is 13.0 Å². The van der Waals surface area contributed by atoms with Crippen LogP contribution < -0.4 is 11.5 Å². The number of aliphatic imine (C=N–C) groups is 1. The van der Waals surface area contributed by atoms with Crippen LogP contribution >= 0.6 is 0 Å². The second-order valence-corrected chi connectivity index (χ2v) is 2.37. The number of nitrogens with zero attached hydrogens (tertiary/aromatic N) is 1. The van der Waals surface area contributed by atoms with Crippen molar-refractivity contribution in [3.63, 3.8) is 0 Å². The van der Waals surface area contributed by atoms with E-state index in [4.69, 9.17) is 11.5 Å². The summed E-state index contributed by atoms with van der Waals surface area (Å²) in [6, 6.07) is 0. The van der Waals surface area contributed by atoms with E-state index in [0.29, 0.717) is 0 Å². The van der Waals surface area contributed by atoms with Gasteiger partial charge in [-0.05, 0) is 6.42 Å². The lowest BCUT2D eigenvalue weighted by molar-refractivity contribution is 0.674. The van der Waals surface area contributed by atoms with Crippen molar-refractivity contribution in [1.82, 2.24) is 0 Å². The first-order chi connectivity index (χ1) is 4.77. The zero-order valence-electron chi connectivity index (χ0n) is 7.14. The molecule has 0 amide bonds. The Bertz CT molecular complexity index is 99.9. The van der Waals surface area contributed by atoms with Gasteiger partial charge in [0.05, 0.1) is 0 Å². The predicted octanol–water partition coefficient (Wildman–Crippen LogP) is 0.0154. The molecule has 0 unspecified atom stereocenters. The maximum atomic E-state index is 5.13. The summed E-state index contributed by atoms with van der Waals surface area (Å²) in [6.07, 6.45) is 4.86. The molecule has 0 aromatic heterocycles. The fourth-order valence-electron chi connectivity index (χ4n) is 0.747. The molecular weight excluding hydrogens is 142 g/mol. The summed E-state index contributed by atoms with van der Waals surface area (Å²) in [6.45, 7) is 2.96. The largest absolute Gasteiger partial charge is 0.412 e. The molecule has 0 aliphatic rings. The molecule has 0 fully saturated rings. The van der Waals surface area contributed by atoms with Crippen LogP contribution in [0.1, 0.15) is 32.6 Å². The highest BCUT2D eigenvalue weighted by molar-refractivity contribution is 5.75. The highest BCUT2D eigenvalue weighted by Gasteiger charge is 1.85. The summed E-state index contributed by atoms with van der Waals surface area (Å²) >= 11 is 0. The van der Waals surface area contributed by atoms with Crippen LogP contribution in [0, 0.1) is 0 Å². The first-order valence-corrected chi connectivity index (χ1v) is 3.82. The van der Waals surface area contributed by atoms with Crippen molar-refractivity contribution in [3.05, 3.63) is 0 Å². The zero-order chi connectivity index (χ0) is 7.82. The Balaban J connectivity index is 0. The molecule has 0 spiro atoms. The topological polar surface area (TPSA) is 95.9 Å². The van der Waals surface area contributed by atoms with Crippen LogP contribution in [-0.2, 0) is 0 Å². The van der Waals surface area contributed by atoms with Gasteiger partial charge in [0.1, 0.15) is 0 Å². The summed E-state index contributed by atoms with van der Waals surface area (Å²) in [5.41, 5.74) is 10.3. The van der Waals surface area contributed by atoms with Crippen LogP contribution in [0.2, 0.25) is 0 Å². The zero-order valence-corrected chi connectivity index (χ0v) is 7.14. The average Bonchev–Trinajstić information content (AvgIpc) is 1.87. The number of guanidine groups is 1. The van der Waals surface area contributed by atoms with Crippen LogP contribution in [-0.4, -0.2) is 18.0 Å². The van der Waals surface area contributed by atoms with Gasteiger partial charge >= 0.3 is 0 Å². The van der Waals surface area contributed by atoms with E-state index in [9.17, 15) is 0 Å². The summed E-state index contributed by atoms with van der Waals surface area (Å²) in [5, 5.41) is 0. The molecule has 4 nitrogen and oxygen atoms in total. The average molecular weight is 161 g/mol. The second kappa shape index (κ2) is 9.23. The SMILES string of the molecule is CCCCCCN=C(N)N.O. The summed E-state index contributed by atoms with van der Waals surface area (Å²) in [4.78, 5) is 3.87. The Morgan fingerprint density at radius 1 is 1.18 bits per heavy atom. The highest BCUT2D eigenvalue weighted by atomic mass is 16.0. The van der Waals surface area contributed by atoms with Crippen molar-refractivity contribution in [2.45, 2.75) is 32.6 Å². The fourth-order valence-corrected chi connectivity index (χ4v) is 0.747. The quantitative estimate of drug-likeness (QED) is 0.337. The van der Waals surface area contributed by atoms with Crippen molar-refractivity contribution in [1.29, 1.82) is 0 Å². The molecular formula is C7H19N3O. The maximum Gasteiger partial charge on any atom is 0.185 e. The molecule has 0 aromatic carbocycles. The Morgan fingerprint density at radius 3 is 2.27 bits per heavy atom. The molecule has 0 heterocycles. The van der Waals surface area contributed by atoms with E-state index in [1.54, 1.807) is 0 Å². The second-order valence-electron chi connectivity index (χ2n) is 2.37. The Hall–Kier alpha value is -0.770. The van der Waals surface area contributed by atoms with Gasteiger partial charge in [-0.15, -0.1) is 0 Å². The first-order valence-electron chi connectivity index (χ1n) is 3.82. The minimum atomic E-state index is 0. The van der Waals surface area contributed by atoms with Gasteiger partial charge in [0.25, 0.3) is 0 Å². The smallest absolute Gasteiger partial charge is 0.185 e. The number of nitrogens with two attached hydrogens (primary N) is 2.